The number of aromatic nitrogens is 3. The van der Waals surface area contributed by atoms with Crippen LogP contribution in [0.1, 0.15) is 21.6 Å². The molecule has 2 amide bonds. The number of hydrogen-bond acceptors (Lipinski definition) is 4. The van der Waals surface area contributed by atoms with E-state index < -0.39 is 35.1 Å². The summed E-state index contributed by atoms with van der Waals surface area (Å²) in [5.74, 6) is -1.23. The molecule has 3 rings (SSSR count). The minimum absolute atomic E-state index is 0.0390. The zero-order valence-corrected chi connectivity index (χ0v) is 17.0. The highest BCUT2D eigenvalue weighted by Gasteiger charge is 2.33. The molecule has 3 aromatic rings. The monoisotopic (exact) mass is 451 g/mol. The van der Waals surface area contributed by atoms with E-state index in [4.69, 9.17) is 11.6 Å². The highest BCUT2D eigenvalue weighted by molar-refractivity contribution is 6.31. The number of rotatable bonds is 6. The number of likely N-dealkylation sites (N-methyl/N-ethyl adjacent to an activating group) is 1. The van der Waals surface area contributed by atoms with Gasteiger partial charge in [-0.3, -0.25) is 9.59 Å². The van der Waals surface area contributed by atoms with E-state index in [9.17, 15) is 22.8 Å². The minimum Gasteiger partial charge on any atom is -0.331 e. The topological polar surface area (TPSA) is 80.1 Å². The number of halogens is 4. The van der Waals surface area contributed by atoms with Crippen LogP contribution < -0.4 is 5.32 Å². The summed E-state index contributed by atoms with van der Waals surface area (Å²) >= 11 is 5.56. The number of anilines is 1. The second-order valence-electron chi connectivity index (χ2n) is 6.69. The Bertz CT molecular complexity index is 1090. The van der Waals surface area contributed by atoms with Crippen molar-refractivity contribution in [2.45, 2.75) is 12.7 Å². The SMILES string of the molecule is CN(CC(=O)Nc1ccc(Cl)c(C(F)(F)F)c1)C(=O)c1cn(Cc2ccccc2)nn1. The van der Waals surface area contributed by atoms with E-state index in [1.807, 2.05) is 30.3 Å². The molecule has 0 saturated carbocycles. The van der Waals surface area contributed by atoms with Crippen LogP contribution in [0.2, 0.25) is 5.02 Å². The molecule has 0 atom stereocenters. The van der Waals surface area contributed by atoms with Crippen molar-refractivity contribution in [1.82, 2.24) is 19.9 Å². The van der Waals surface area contributed by atoms with E-state index in [2.05, 4.69) is 15.6 Å². The first-order valence-corrected chi connectivity index (χ1v) is 9.37. The second-order valence-corrected chi connectivity index (χ2v) is 7.10. The number of nitrogens with zero attached hydrogens (tertiary/aromatic N) is 4. The lowest BCUT2D eigenvalue weighted by Gasteiger charge is -2.16. The van der Waals surface area contributed by atoms with Gasteiger partial charge in [-0.05, 0) is 23.8 Å². The predicted molar refractivity (Wildman–Crippen MR) is 108 cm³/mol. The summed E-state index contributed by atoms with van der Waals surface area (Å²) in [6, 6.07) is 12.5. The molecule has 162 valence electrons. The van der Waals surface area contributed by atoms with E-state index in [0.717, 1.165) is 22.6 Å². The molecule has 11 heteroatoms. The molecule has 0 aliphatic rings. The third kappa shape index (κ3) is 5.82. The molecule has 7 nitrogen and oxygen atoms in total. The fraction of sp³-hybridized carbons (Fsp3) is 0.200. The molecule has 1 heterocycles. The van der Waals surface area contributed by atoms with E-state index in [-0.39, 0.29) is 11.4 Å². The van der Waals surface area contributed by atoms with Gasteiger partial charge in [-0.1, -0.05) is 47.1 Å². The number of carbonyl (C=O) groups excluding carboxylic acids is 2. The van der Waals surface area contributed by atoms with Gasteiger partial charge in [0.1, 0.15) is 0 Å². The van der Waals surface area contributed by atoms with Crippen LogP contribution in [0.5, 0.6) is 0 Å². The lowest BCUT2D eigenvalue weighted by atomic mass is 10.2. The van der Waals surface area contributed by atoms with Gasteiger partial charge in [-0.25, -0.2) is 4.68 Å². The largest absolute Gasteiger partial charge is 0.417 e. The van der Waals surface area contributed by atoms with Gasteiger partial charge in [0.05, 0.1) is 29.9 Å². The van der Waals surface area contributed by atoms with Gasteiger partial charge in [0.25, 0.3) is 5.91 Å². The van der Waals surface area contributed by atoms with Gasteiger partial charge in [-0.15, -0.1) is 5.10 Å². The molecular formula is C20H17ClF3N5O2. The van der Waals surface area contributed by atoms with E-state index >= 15 is 0 Å². The molecule has 0 bridgehead atoms. The summed E-state index contributed by atoms with van der Waals surface area (Å²) in [5.41, 5.74) is -0.139. The molecule has 2 aromatic carbocycles. The van der Waals surface area contributed by atoms with Crippen LogP contribution >= 0.6 is 11.6 Å². The molecule has 0 aliphatic heterocycles. The van der Waals surface area contributed by atoms with Gasteiger partial charge in [0.2, 0.25) is 5.91 Å². The summed E-state index contributed by atoms with van der Waals surface area (Å²) in [5, 5.41) is 9.57. The van der Waals surface area contributed by atoms with Crippen molar-refractivity contribution >= 4 is 29.1 Å². The standard InChI is InChI=1S/C20H17ClF3N5O2/c1-28(12-18(30)25-14-7-8-16(21)15(9-14)20(22,23)24)19(31)17-11-29(27-26-17)10-13-5-3-2-4-6-13/h2-9,11H,10,12H2,1H3,(H,25,30). The lowest BCUT2D eigenvalue weighted by Crippen LogP contribution is -2.35. The number of benzene rings is 2. The maximum absolute atomic E-state index is 12.9. The van der Waals surface area contributed by atoms with Gasteiger partial charge < -0.3 is 10.2 Å². The third-order valence-corrected chi connectivity index (χ3v) is 4.56. The minimum atomic E-state index is -4.66. The van der Waals surface area contributed by atoms with E-state index in [1.54, 1.807) is 0 Å². The summed E-state index contributed by atoms with van der Waals surface area (Å²) < 4.78 is 40.3. The van der Waals surface area contributed by atoms with Crippen molar-refractivity contribution in [3.63, 3.8) is 0 Å². The normalized spacial score (nSPS) is 11.3. The zero-order chi connectivity index (χ0) is 22.6. The molecule has 0 spiro atoms. The Morgan fingerprint density at radius 1 is 1.16 bits per heavy atom. The smallest absolute Gasteiger partial charge is 0.331 e. The van der Waals surface area contributed by atoms with Gasteiger partial charge in [-0.2, -0.15) is 13.2 Å². The van der Waals surface area contributed by atoms with Crippen LogP contribution in [0, 0.1) is 0 Å². The fourth-order valence-electron chi connectivity index (χ4n) is 2.75. The second kappa shape index (κ2) is 9.17. The number of amides is 2. The van der Waals surface area contributed by atoms with Crippen molar-refractivity contribution < 1.29 is 22.8 Å². The van der Waals surface area contributed by atoms with Crippen LogP contribution in [-0.4, -0.2) is 45.3 Å². The molecule has 0 fully saturated rings. The van der Waals surface area contributed by atoms with Crippen molar-refractivity contribution in [1.29, 1.82) is 0 Å². The van der Waals surface area contributed by atoms with Crippen LogP contribution in [0.4, 0.5) is 18.9 Å². The van der Waals surface area contributed by atoms with Crippen LogP contribution in [0.3, 0.4) is 0 Å². The van der Waals surface area contributed by atoms with E-state index in [1.165, 1.54) is 24.0 Å². The van der Waals surface area contributed by atoms with Crippen molar-refractivity contribution in [3.05, 3.63) is 76.6 Å². The number of nitrogens with one attached hydrogen (secondary N) is 1. The Hall–Kier alpha value is -3.40. The molecule has 0 unspecified atom stereocenters. The molecule has 0 aliphatic carbocycles. The summed E-state index contributed by atoms with van der Waals surface area (Å²) in [4.78, 5) is 25.8. The summed E-state index contributed by atoms with van der Waals surface area (Å²) in [6.07, 6.45) is -3.20. The zero-order valence-electron chi connectivity index (χ0n) is 16.2. The van der Waals surface area contributed by atoms with Crippen LogP contribution in [0.15, 0.2) is 54.7 Å². The van der Waals surface area contributed by atoms with Crippen LogP contribution in [0.25, 0.3) is 0 Å². The highest BCUT2D eigenvalue weighted by Crippen LogP contribution is 2.36. The molecule has 31 heavy (non-hydrogen) atoms. The molecule has 1 N–H and O–H groups in total. The number of hydrogen-bond donors (Lipinski definition) is 1. The lowest BCUT2D eigenvalue weighted by molar-refractivity contribution is -0.137. The fourth-order valence-corrected chi connectivity index (χ4v) is 2.97. The Balaban J connectivity index is 1.60. The highest BCUT2D eigenvalue weighted by atomic mass is 35.5. The summed E-state index contributed by atoms with van der Waals surface area (Å²) in [7, 11) is 1.38. The van der Waals surface area contributed by atoms with Crippen molar-refractivity contribution in [3.8, 4) is 0 Å². The first-order valence-electron chi connectivity index (χ1n) is 8.99. The average Bonchev–Trinajstić information content (AvgIpc) is 3.17. The van der Waals surface area contributed by atoms with Gasteiger partial charge >= 0.3 is 6.18 Å². The Morgan fingerprint density at radius 3 is 2.55 bits per heavy atom. The maximum atomic E-state index is 12.9. The Kier molecular flexibility index (Phi) is 6.59. The third-order valence-electron chi connectivity index (χ3n) is 4.23. The van der Waals surface area contributed by atoms with Crippen molar-refractivity contribution in [2.75, 3.05) is 18.9 Å². The molecular weight excluding hydrogens is 435 g/mol. The maximum Gasteiger partial charge on any atom is 0.417 e. The Morgan fingerprint density at radius 2 is 1.87 bits per heavy atom. The molecule has 1 aromatic heterocycles. The number of alkyl halides is 3. The summed E-state index contributed by atoms with van der Waals surface area (Å²) in [6.45, 7) is 0.0256. The first-order chi connectivity index (χ1) is 14.6. The Labute approximate surface area is 180 Å². The first kappa shape index (κ1) is 22.3. The number of carbonyl (C=O) groups is 2. The van der Waals surface area contributed by atoms with Gasteiger partial charge in [0, 0.05) is 12.7 Å². The van der Waals surface area contributed by atoms with Crippen molar-refractivity contribution in [2.24, 2.45) is 0 Å². The molecule has 0 radical (unpaired) electrons. The molecule has 0 saturated heterocycles. The quantitative estimate of drug-likeness (QED) is 0.619. The van der Waals surface area contributed by atoms with Gasteiger partial charge in [0.15, 0.2) is 5.69 Å². The average molecular weight is 452 g/mol. The van der Waals surface area contributed by atoms with Crippen LogP contribution in [-0.2, 0) is 17.5 Å². The predicted octanol–water partition coefficient (Wildman–Crippen LogP) is 3.71. The van der Waals surface area contributed by atoms with E-state index in [0.29, 0.717) is 6.54 Å².